The Morgan fingerprint density at radius 3 is 2.53 bits per heavy atom. The zero-order valence-corrected chi connectivity index (χ0v) is 20.6. The summed E-state index contributed by atoms with van der Waals surface area (Å²) in [6.45, 7) is 4.47. The van der Waals surface area contributed by atoms with Gasteiger partial charge in [0.1, 0.15) is 16.3 Å². The van der Waals surface area contributed by atoms with E-state index in [9.17, 15) is 23.9 Å². The number of aliphatic carboxylic acids is 1. The van der Waals surface area contributed by atoms with Crippen LogP contribution >= 0.6 is 23.1 Å². The Hall–Kier alpha value is -2.73. The van der Waals surface area contributed by atoms with Gasteiger partial charge in [-0.15, -0.1) is 0 Å². The number of anilines is 3. The van der Waals surface area contributed by atoms with E-state index in [2.05, 4.69) is 15.6 Å². The molecule has 8 nitrogen and oxygen atoms in total. The number of halogens is 2. The molecule has 184 valence electrons. The topological polar surface area (TPSA) is 112 Å². The number of thioether (sulfide) groups is 1. The number of hydrogen-bond acceptors (Lipinski definition) is 6. The average molecular weight is 513 g/mol. The Labute approximate surface area is 204 Å². The number of rotatable bonds is 8. The highest BCUT2D eigenvalue weighted by Gasteiger charge is 2.31. The van der Waals surface area contributed by atoms with Crippen molar-refractivity contribution in [3.63, 3.8) is 0 Å². The molecule has 1 saturated carbocycles. The van der Waals surface area contributed by atoms with Crippen LogP contribution in [0.5, 0.6) is 0 Å². The smallest absolute Gasteiger partial charge is 0.328 e. The third-order valence-electron chi connectivity index (χ3n) is 5.39. The van der Waals surface area contributed by atoms with Gasteiger partial charge in [0.05, 0.1) is 16.1 Å². The maximum absolute atomic E-state index is 15.2. The van der Waals surface area contributed by atoms with Gasteiger partial charge in [-0.25, -0.2) is 18.6 Å². The van der Waals surface area contributed by atoms with Crippen molar-refractivity contribution in [2.75, 3.05) is 22.1 Å². The Kier molecular flexibility index (Phi) is 8.13. The molecule has 0 atom stereocenters. The average Bonchev–Trinajstić information content (AvgIpc) is 3.41. The lowest BCUT2D eigenvalue weighted by molar-refractivity contribution is -0.138. The van der Waals surface area contributed by atoms with E-state index in [0.717, 1.165) is 61.8 Å². The van der Waals surface area contributed by atoms with E-state index in [-0.39, 0.29) is 23.3 Å². The van der Waals surface area contributed by atoms with Crippen molar-refractivity contribution in [2.24, 2.45) is 5.92 Å². The van der Waals surface area contributed by atoms with Crippen molar-refractivity contribution in [3.8, 4) is 0 Å². The van der Waals surface area contributed by atoms with Gasteiger partial charge >= 0.3 is 12.0 Å². The molecular formula is C22H26F2N4O4S2. The zero-order valence-electron chi connectivity index (χ0n) is 19.0. The first-order valence-corrected chi connectivity index (χ1v) is 12.3. The highest BCUT2D eigenvalue weighted by molar-refractivity contribution is 8.03. The monoisotopic (exact) mass is 512 g/mol. The first kappa shape index (κ1) is 25.9. The molecule has 3 amide bonds. The maximum atomic E-state index is 15.2. The van der Waals surface area contributed by atoms with E-state index in [1.807, 2.05) is 0 Å². The second-order valence-electron chi connectivity index (χ2n) is 8.53. The summed E-state index contributed by atoms with van der Waals surface area (Å²) in [5.74, 6) is -3.46. The third-order valence-corrected chi connectivity index (χ3v) is 7.59. The van der Waals surface area contributed by atoms with E-state index in [1.165, 1.54) is 17.2 Å². The predicted molar refractivity (Wildman–Crippen MR) is 129 cm³/mol. The lowest BCUT2D eigenvalue weighted by atomic mass is 10.1. The Bertz CT molecular complexity index is 1090. The molecule has 2 aromatic rings. The molecule has 0 aliphatic heterocycles. The molecule has 0 radical (unpaired) electrons. The second-order valence-corrected chi connectivity index (χ2v) is 11.5. The van der Waals surface area contributed by atoms with Gasteiger partial charge in [-0.3, -0.25) is 19.8 Å². The summed E-state index contributed by atoms with van der Waals surface area (Å²) in [7, 11) is 0. The molecule has 0 saturated heterocycles. The van der Waals surface area contributed by atoms with E-state index in [4.69, 9.17) is 0 Å². The minimum atomic E-state index is -1.08. The van der Waals surface area contributed by atoms with Gasteiger partial charge in [0.15, 0.2) is 10.9 Å². The Morgan fingerprint density at radius 1 is 1.24 bits per heavy atom. The molecule has 1 aliphatic rings. The number of amides is 3. The third kappa shape index (κ3) is 6.23. The molecule has 3 N–H and O–H groups in total. The molecule has 34 heavy (non-hydrogen) atoms. The summed E-state index contributed by atoms with van der Waals surface area (Å²) in [4.78, 5) is 41.3. The summed E-state index contributed by atoms with van der Waals surface area (Å²) in [5.41, 5.74) is -0.772. The SMILES string of the molecule is CC(=O)Nc1c(F)ccc(N(CC2CCCC2)C(=O)Nc2ncc(SC(C)(C)C(=O)O)s2)c1F. The first-order chi connectivity index (χ1) is 16.0. The van der Waals surface area contributed by atoms with Crippen molar-refractivity contribution in [3.05, 3.63) is 30.0 Å². The quantitative estimate of drug-likeness (QED) is 0.399. The van der Waals surface area contributed by atoms with Crippen LogP contribution in [0.3, 0.4) is 0 Å². The van der Waals surface area contributed by atoms with E-state index >= 15 is 4.39 Å². The number of hydrogen-bond donors (Lipinski definition) is 3. The predicted octanol–water partition coefficient (Wildman–Crippen LogP) is 5.56. The Balaban J connectivity index is 1.86. The number of carbonyl (C=O) groups is 3. The van der Waals surface area contributed by atoms with Gasteiger partial charge in [0, 0.05) is 13.5 Å². The number of urea groups is 1. The standard InChI is InChI=1S/C22H26F2N4O4S2/c1-12(29)26-18-14(23)8-9-15(17(18)24)28(11-13-6-4-5-7-13)21(32)27-20-25-10-16(33-20)34-22(2,3)19(30)31/h8-10,13H,4-7,11H2,1-3H3,(H,26,29)(H,30,31)(H,25,27,32). The molecule has 1 aromatic carbocycles. The van der Waals surface area contributed by atoms with E-state index in [1.54, 1.807) is 13.8 Å². The van der Waals surface area contributed by atoms with Crippen LogP contribution < -0.4 is 15.5 Å². The van der Waals surface area contributed by atoms with E-state index in [0.29, 0.717) is 4.21 Å². The second kappa shape index (κ2) is 10.7. The largest absolute Gasteiger partial charge is 0.480 e. The molecule has 3 rings (SSSR count). The van der Waals surface area contributed by atoms with Crippen molar-refractivity contribution >= 4 is 57.5 Å². The van der Waals surface area contributed by atoms with Gasteiger partial charge in [0.25, 0.3) is 0 Å². The fourth-order valence-electron chi connectivity index (χ4n) is 3.60. The molecular weight excluding hydrogens is 486 g/mol. The van der Waals surface area contributed by atoms with Gasteiger partial charge in [-0.05, 0) is 44.7 Å². The van der Waals surface area contributed by atoms with Gasteiger partial charge in [-0.1, -0.05) is 35.9 Å². The minimum Gasteiger partial charge on any atom is -0.480 e. The zero-order chi connectivity index (χ0) is 25.0. The van der Waals surface area contributed by atoms with Crippen molar-refractivity contribution in [1.29, 1.82) is 0 Å². The Morgan fingerprint density at radius 2 is 1.91 bits per heavy atom. The van der Waals surface area contributed by atoms with Crippen LogP contribution in [0.2, 0.25) is 0 Å². The fraction of sp³-hybridized carbons (Fsp3) is 0.455. The van der Waals surface area contributed by atoms with Crippen LogP contribution in [0, 0.1) is 17.6 Å². The van der Waals surface area contributed by atoms with Crippen LogP contribution in [0.4, 0.5) is 30.1 Å². The highest BCUT2D eigenvalue weighted by atomic mass is 32.2. The van der Waals surface area contributed by atoms with Crippen LogP contribution in [0.1, 0.15) is 46.5 Å². The molecule has 0 spiro atoms. The number of carboxylic acid groups (broad SMARTS) is 1. The summed E-state index contributed by atoms with van der Waals surface area (Å²) >= 11 is 2.19. The van der Waals surface area contributed by atoms with Gasteiger partial charge in [-0.2, -0.15) is 0 Å². The number of carboxylic acids is 1. The van der Waals surface area contributed by atoms with E-state index < -0.39 is 40.0 Å². The summed E-state index contributed by atoms with van der Waals surface area (Å²) in [6.07, 6.45) is 5.25. The first-order valence-electron chi connectivity index (χ1n) is 10.7. The molecule has 0 unspecified atom stereocenters. The minimum absolute atomic E-state index is 0.151. The fourth-order valence-corrected chi connectivity index (χ4v) is 5.86. The normalized spacial score (nSPS) is 14.1. The highest BCUT2D eigenvalue weighted by Crippen LogP contribution is 2.38. The number of aromatic nitrogens is 1. The van der Waals surface area contributed by atoms with Crippen LogP contribution in [0.25, 0.3) is 0 Å². The van der Waals surface area contributed by atoms with Crippen molar-refractivity contribution < 1.29 is 28.3 Å². The number of nitrogens with one attached hydrogen (secondary N) is 2. The molecule has 0 bridgehead atoms. The number of carbonyl (C=O) groups excluding carboxylic acids is 2. The summed E-state index contributed by atoms with van der Waals surface area (Å²) in [5, 5.41) is 14.3. The molecule has 1 aliphatic carbocycles. The lowest BCUT2D eigenvalue weighted by Gasteiger charge is -2.27. The summed E-state index contributed by atoms with van der Waals surface area (Å²) in [6, 6.07) is 1.52. The molecule has 1 heterocycles. The number of benzene rings is 1. The summed E-state index contributed by atoms with van der Waals surface area (Å²) < 4.78 is 28.9. The van der Waals surface area contributed by atoms with Gasteiger partial charge < -0.3 is 10.4 Å². The van der Waals surface area contributed by atoms with Crippen LogP contribution in [-0.4, -0.2) is 39.3 Å². The lowest BCUT2D eigenvalue weighted by Crippen LogP contribution is -2.39. The maximum Gasteiger partial charge on any atom is 0.328 e. The molecule has 1 aromatic heterocycles. The van der Waals surface area contributed by atoms with Gasteiger partial charge in [0.2, 0.25) is 5.91 Å². The number of nitrogens with zero attached hydrogens (tertiary/aromatic N) is 2. The molecule has 1 fully saturated rings. The van der Waals surface area contributed by atoms with Crippen LogP contribution in [0.15, 0.2) is 22.5 Å². The van der Waals surface area contributed by atoms with Crippen molar-refractivity contribution in [2.45, 2.75) is 55.4 Å². The van der Waals surface area contributed by atoms with Crippen LogP contribution in [-0.2, 0) is 9.59 Å². The molecule has 12 heteroatoms. The number of thiazole rings is 1. The van der Waals surface area contributed by atoms with Crippen molar-refractivity contribution in [1.82, 2.24) is 4.98 Å².